The second-order valence-corrected chi connectivity index (χ2v) is 5.33. The van der Waals surface area contributed by atoms with Gasteiger partial charge in [-0.1, -0.05) is 23.7 Å². The van der Waals surface area contributed by atoms with Crippen LogP contribution in [0.4, 0.5) is 5.69 Å². The summed E-state index contributed by atoms with van der Waals surface area (Å²) in [6.07, 6.45) is 0.595. The Morgan fingerprint density at radius 3 is 2.75 bits per heavy atom. The highest BCUT2D eigenvalue weighted by Gasteiger charge is 2.38. The summed E-state index contributed by atoms with van der Waals surface area (Å²) < 4.78 is 0. The summed E-state index contributed by atoms with van der Waals surface area (Å²) in [5.74, 6) is -1.04. The number of amides is 1. The summed E-state index contributed by atoms with van der Waals surface area (Å²) in [5, 5.41) is 9.56. The molecule has 2 rings (SSSR count). The number of hydrogen-bond acceptors (Lipinski definition) is 3. The number of rotatable bonds is 4. The average Bonchev–Trinajstić information content (AvgIpc) is 2.79. The van der Waals surface area contributed by atoms with E-state index in [0.717, 1.165) is 0 Å². The van der Waals surface area contributed by atoms with E-state index in [-0.39, 0.29) is 5.91 Å². The van der Waals surface area contributed by atoms with E-state index in [2.05, 4.69) is 0 Å². The lowest BCUT2D eigenvalue weighted by atomic mass is 10.1. The molecule has 5 nitrogen and oxygen atoms in total. The van der Waals surface area contributed by atoms with Crippen molar-refractivity contribution in [1.29, 1.82) is 0 Å². The van der Waals surface area contributed by atoms with Crippen LogP contribution in [0.25, 0.3) is 0 Å². The van der Waals surface area contributed by atoms with Crippen molar-refractivity contribution in [3.05, 3.63) is 29.3 Å². The van der Waals surface area contributed by atoms with Gasteiger partial charge < -0.3 is 10.0 Å². The topological polar surface area (TPSA) is 60.9 Å². The molecule has 1 saturated heterocycles. The van der Waals surface area contributed by atoms with E-state index in [9.17, 15) is 9.59 Å². The highest BCUT2D eigenvalue weighted by atomic mass is 35.5. The van der Waals surface area contributed by atoms with Crippen molar-refractivity contribution in [2.24, 2.45) is 0 Å². The predicted octanol–water partition coefficient (Wildman–Crippen LogP) is 1.85. The SMILES string of the molecule is CC(C(=O)O)N(C)C1CCN(c2ccccc2Cl)C1=O. The van der Waals surface area contributed by atoms with Crippen molar-refractivity contribution < 1.29 is 14.7 Å². The van der Waals surface area contributed by atoms with Gasteiger partial charge >= 0.3 is 5.97 Å². The predicted molar refractivity (Wildman–Crippen MR) is 77.1 cm³/mol. The van der Waals surface area contributed by atoms with Gasteiger partial charge in [-0.25, -0.2) is 0 Å². The minimum Gasteiger partial charge on any atom is -0.480 e. The van der Waals surface area contributed by atoms with Gasteiger partial charge in [0.25, 0.3) is 0 Å². The second-order valence-electron chi connectivity index (χ2n) is 4.93. The number of nitrogens with zero attached hydrogens (tertiary/aromatic N) is 2. The van der Waals surface area contributed by atoms with Crippen LogP contribution in [0.5, 0.6) is 0 Å². The van der Waals surface area contributed by atoms with Gasteiger partial charge in [-0.15, -0.1) is 0 Å². The molecule has 1 fully saturated rings. The van der Waals surface area contributed by atoms with Gasteiger partial charge in [0.15, 0.2) is 0 Å². The van der Waals surface area contributed by atoms with Crippen LogP contribution in [0.15, 0.2) is 24.3 Å². The van der Waals surface area contributed by atoms with Gasteiger partial charge in [0.05, 0.1) is 16.8 Å². The van der Waals surface area contributed by atoms with E-state index in [4.69, 9.17) is 16.7 Å². The Morgan fingerprint density at radius 2 is 2.15 bits per heavy atom. The van der Waals surface area contributed by atoms with Crippen molar-refractivity contribution in [3.63, 3.8) is 0 Å². The Balaban J connectivity index is 2.18. The first-order valence-corrected chi connectivity index (χ1v) is 6.82. The normalized spacial score (nSPS) is 20.5. The summed E-state index contributed by atoms with van der Waals surface area (Å²) in [6.45, 7) is 2.12. The molecule has 1 N–H and O–H groups in total. The molecule has 1 aliphatic rings. The van der Waals surface area contributed by atoms with Gasteiger partial charge in [-0.2, -0.15) is 0 Å². The Kier molecular flexibility index (Phi) is 4.30. The third kappa shape index (κ3) is 2.64. The van der Waals surface area contributed by atoms with Crippen LogP contribution >= 0.6 is 11.6 Å². The Labute approximate surface area is 122 Å². The van der Waals surface area contributed by atoms with Crippen LogP contribution in [0, 0.1) is 0 Å². The van der Waals surface area contributed by atoms with Crippen LogP contribution in [0.1, 0.15) is 13.3 Å². The minimum absolute atomic E-state index is 0.103. The van der Waals surface area contributed by atoms with Gasteiger partial charge in [-0.3, -0.25) is 14.5 Å². The fourth-order valence-corrected chi connectivity index (χ4v) is 2.63. The van der Waals surface area contributed by atoms with E-state index in [0.29, 0.717) is 23.7 Å². The van der Waals surface area contributed by atoms with E-state index in [1.807, 2.05) is 12.1 Å². The maximum Gasteiger partial charge on any atom is 0.320 e. The molecule has 1 heterocycles. The van der Waals surface area contributed by atoms with Gasteiger partial charge in [0, 0.05) is 6.54 Å². The van der Waals surface area contributed by atoms with Crippen LogP contribution in [-0.4, -0.2) is 47.6 Å². The molecule has 1 aromatic rings. The molecule has 1 aromatic carbocycles. The van der Waals surface area contributed by atoms with Crippen LogP contribution in [0.2, 0.25) is 5.02 Å². The van der Waals surface area contributed by atoms with E-state index in [1.54, 1.807) is 35.9 Å². The smallest absolute Gasteiger partial charge is 0.320 e. The molecule has 0 spiro atoms. The lowest BCUT2D eigenvalue weighted by Crippen LogP contribution is -2.47. The zero-order valence-corrected chi connectivity index (χ0v) is 12.2. The number of carbonyl (C=O) groups excluding carboxylic acids is 1. The first-order chi connectivity index (χ1) is 9.43. The number of hydrogen-bond donors (Lipinski definition) is 1. The molecule has 0 saturated carbocycles. The number of carbonyl (C=O) groups is 2. The molecule has 2 atom stereocenters. The Bertz CT molecular complexity index is 535. The number of para-hydroxylation sites is 1. The van der Waals surface area contributed by atoms with Crippen LogP contribution < -0.4 is 4.90 Å². The third-order valence-electron chi connectivity index (χ3n) is 3.78. The number of anilines is 1. The summed E-state index contributed by atoms with van der Waals surface area (Å²) in [5.41, 5.74) is 0.679. The van der Waals surface area contributed by atoms with E-state index >= 15 is 0 Å². The third-order valence-corrected chi connectivity index (χ3v) is 4.10. The van der Waals surface area contributed by atoms with Crippen molar-refractivity contribution in [2.75, 3.05) is 18.5 Å². The van der Waals surface area contributed by atoms with E-state index < -0.39 is 18.1 Å². The summed E-state index contributed by atoms with van der Waals surface area (Å²) >= 11 is 6.11. The zero-order valence-electron chi connectivity index (χ0n) is 11.4. The number of benzene rings is 1. The molecule has 20 heavy (non-hydrogen) atoms. The summed E-state index contributed by atoms with van der Waals surface area (Å²) in [6, 6.07) is 6.05. The molecule has 0 radical (unpaired) electrons. The van der Waals surface area contributed by atoms with Crippen molar-refractivity contribution >= 4 is 29.2 Å². The van der Waals surface area contributed by atoms with Crippen molar-refractivity contribution in [3.8, 4) is 0 Å². The molecular formula is C14H17ClN2O3. The molecule has 1 amide bonds. The highest BCUT2D eigenvalue weighted by molar-refractivity contribution is 6.33. The lowest BCUT2D eigenvalue weighted by molar-refractivity contribution is -0.143. The fourth-order valence-electron chi connectivity index (χ4n) is 2.40. The van der Waals surface area contributed by atoms with Gasteiger partial charge in [0.2, 0.25) is 5.91 Å². The highest BCUT2D eigenvalue weighted by Crippen LogP contribution is 2.30. The molecule has 2 unspecified atom stereocenters. The van der Waals surface area contributed by atoms with E-state index in [1.165, 1.54) is 0 Å². The first-order valence-electron chi connectivity index (χ1n) is 6.44. The molecule has 0 bridgehead atoms. The number of halogens is 1. The standard InChI is InChI=1S/C14H17ClN2O3/c1-9(14(19)20)16(2)12-7-8-17(13(12)18)11-6-4-3-5-10(11)15/h3-6,9,12H,7-8H2,1-2H3,(H,19,20). The number of likely N-dealkylation sites (N-methyl/N-ethyl adjacent to an activating group) is 1. The van der Waals surface area contributed by atoms with Crippen LogP contribution in [-0.2, 0) is 9.59 Å². The number of carboxylic acid groups (broad SMARTS) is 1. The largest absolute Gasteiger partial charge is 0.480 e. The Morgan fingerprint density at radius 1 is 1.50 bits per heavy atom. The molecule has 0 aliphatic carbocycles. The van der Waals surface area contributed by atoms with Gasteiger partial charge in [-0.05, 0) is 32.5 Å². The van der Waals surface area contributed by atoms with Crippen molar-refractivity contribution in [2.45, 2.75) is 25.4 Å². The Hall–Kier alpha value is -1.59. The molecular weight excluding hydrogens is 280 g/mol. The van der Waals surface area contributed by atoms with Crippen LogP contribution in [0.3, 0.4) is 0 Å². The second kappa shape index (κ2) is 5.81. The number of carboxylic acids is 1. The summed E-state index contributed by atoms with van der Waals surface area (Å²) in [7, 11) is 1.66. The monoisotopic (exact) mass is 296 g/mol. The zero-order chi connectivity index (χ0) is 14.9. The average molecular weight is 297 g/mol. The van der Waals surface area contributed by atoms with Crippen molar-refractivity contribution in [1.82, 2.24) is 4.90 Å². The maximum absolute atomic E-state index is 12.5. The first kappa shape index (κ1) is 14.8. The molecule has 108 valence electrons. The lowest BCUT2D eigenvalue weighted by Gasteiger charge is -2.27. The quantitative estimate of drug-likeness (QED) is 0.921. The fraction of sp³-hybridized carbons (Fsp3) is 0.429. The molecule has 1 aliphatic heterocycles. The maximum atomic E-state index is 12.5. The molecule has 0 aromatic heterocycles. The summed E-state index contributed by atoms with van der Waals surface area (Å²) in [4.78, 5) is 26.7. The van der Waals surface area contributed by atoms with Gasteiger partial charge in [0.1, 0.15) is 6.04 Å². The number of aliphatic carboxylic acids is 1. The molecule has 6 heteroatoms. The minimum atomic E-state index is -0.934.